The molecule has 0 saturated heterocycles. The number of ether oxygens (including phenoxy) is 1. The van der Waals surface area contributed by atoms with E-state index >= 15 is 0 Å². The van der Waals surface area contributed by atoms with Crippen LogP contribution < -0.4 is 15.8 Å². The third kappa shape index (κ3) is 5.73. The van der Waals surface area contributed by atoms with Crippen molar-refractivity contribution in [3.05, 3.63) is 95.2 Å². The van der Waals surface area contributed by atoms with E-state index in [-0.39, 0.29) is 11.4 Å². The molecular formula is C25H24N2O4. The summed E-state index contributed by atoms with van der Waals surface area (Å²) in [5.74, 6) is -0.256. The van der Waals surface area contributed by atoms with Crippen LogP contribution in [-0.4, -0.2) is 12.3 Å². The summed E-state index contributed by atoms with van der Waals surface area (Å²) in [6.07, 6.45) is 0.469. The molecule has 0 aliphatic heterocycles. The molecule has 3 N–H and O–H groups in total. The van der Waals surface area contributed by atoms with Crippen molar-refractivity contribution in [2.45, 2.75) is 20.5 Å². The third-order valence-corrected chi connectivity index (χ3v) is 4.51. The summed E-state index contributed by atoms with van der Waals surface area (Å²) in [5.41, 5.74) is 9.64. The second-order valence-electron chi connectivity index (χ2n) is 7.02. The van der Waals surface area contributed by atoms with Crippen molar-refractivity contribution in [2.24, 2.45) is 5.73 Å². The van der Waals surface area contributed by atoms with Gasteiger partial charge in [0.1, 0.15) is 23.6 Å². The molecule has 0 unspecified atom stereocenters. The first-order valence-electron chi connectivity index (χ1n) is 9.74. The highest BCUT2D eigenvalue weighted by atomic mass is 16.5. The van der Waals surface area contributed by atoms with Crippen LogP contribution in [0.2, 0.25) is 0 Å². The van der Waals surface area contributed by atoms with Crippen LogP contribution in [0.1, 0.15) is 27.2 Å². The zero-order valence-electron chi connectivity index (χ0n) is 17.4. The molecule has 158 valence electrons. The Morgan fingerprint density at radius 1 is 1.00 bits per heavy atom. The number of hydrogen-bond donors (Lipinski definition) is 2. The molecule has 4 rings (SSSR count). The molecule has 6 heteroatoms. The van der Waals surface area contributed by atoms with Gasteiger partial charge in [-0.2, -0.15) is 0 Å². The quantitative estimate of drug-likeness (QED) is 0.433. The number of carbonyl (C=O) groups is 2. The van der Waals surface area contributed by atoms with Crippen LogP contribution in [0.3, 0.4) is 0 Å². The molecule has 0 fully saturated rings. The molecule has 0 bridgehead atoms. The van der Waals surface area contributed by atoms with E-state index in [0.717, 1.165) is 5.56 Å². The van der Waals surface area contributed by atoms with Crippen molar-refractivity contribution < 1.29 is 18.7 Å². The van der Waals surface area contributed by atoms with Crippen LogP contribution in [0.4, 0.5) is 5.69 Å². The van der Waals surface area contributed by atoms with Gasteiger partial charge in [-0.25, -0.2) is 0 Å². The van der Waals surface area contributed by atoms with Crippen LogP contribution in [0.25, 0.3) is 11.0 Å². The maximum Gasteiger partial charge on any atom is 0.286 e. The van der Waals surface area contributed by atoms with Crippen molar-refractivity contribution in [2.75, 3.05) is 5.32 Å². The summed E-state index contributed by atoms with van der Waals surface area (Å²) in [4.78, 5) is 22.1. The Bertz CT molecular complexity index is 1170. The third-order valence-electron chi connectivity index (χ3n) is 4.51. The molecule has 4 aromatic rings. The molecule has 0 aliphatic rings. The lowest BCUT2D eigenvalue weighted by molar-refractivity contribution is -0.105. The van der Waals surface area contributed by atoms with Gasteiger partial charge in [0.2, 0.25) is 12.2 Å². The molecular weight excluding hydrogens is 392 g/mol. The van der Waals surface area contributed by atoms with E-state index in [0.29, 0.717) is 29.7 Å². The summed E-state index contributed by atoms with van der Waals surface area (Å²) in [6.45, 7) is 4.62. The second kappa shape index (κ2) is 10.1. The first-order valence-corrected chi connectivity index (χ1v) is 9.74. The van der Waals surface area contributed by atoms with Crippen LogP contribution in [0, 0.1) is 13.8 Å². The van der Waals surface area contributed by atoms with Crippen LogP contribution in [-0.2, 0) is 11.4 Å². The van der Waals surface area contributed by atoms with Gasteiger partial charge < -0.3 is 20.2 Å². The minimum Gasteiger partial charge on any atom is -0.489 e. The number of fused-ring (bicyclic) bond motifs is 1. The van der Waals surface area contributed by atoms with Gasteiger partial charge in [-0.3, -0.25) is 9.59 Å². The van der Waals surface area contributed by atoms with E-state index in [2.05, 4.69) is 43.4 Å². The number of furan rings is 1. The zero-order valence-corrected chi connectivity index (χ0v) is 17.4. The molecule has 6 nitrogen and oxygen atoms in total. The van der Waals surface area contributed by atoms with Gasteiger partial charge in [-0.15, -0.1) is 0 Å². The topological polar surface area (TPSA) is 94.6 Å². The van der Waals surface area contributed by atoms with Crippen molar-refractivity contribution in [1.29, 1.82) is 0 Å². The Morgan fingerprint density at radius 2 is 1.71 bits per heavy atom. The fraction of sp³-hybridized carbons (Fsp3) is 0.120. The molecule has 0 atom stereocenters. The average molecular weight is 416 g/mol. The summed E-state index contributed by atoms with van der Waals surface area (Å²) in [5, 5.41) is 3.02. The number of benzene rings is 3. The number of rotatable bonds is 6. The van der Waals surface area contributed by atoms with Gasteiger partial charge in [-0.1, -0.05) is 65.7 Å². The predicted octanol–water partition coefficient (Wildman–Crippen LogP) is 4.98. The Morgan fingerprint density at radius 3 is 2.29 bits per heavy atom. The predicted molar refractivity (Wildman–Crippen MR) is 121 cm³/mol. The number of anilines is 1. The molecule has 31 heavy (non-hydrogen) atoms. The Labute approximate surface area is 180 Å². The highest BCUT2D eigenvalue weighted by molar-refractivity contribution is 6.08. The van der Waals surface area contributed by atoms with E-state index < -0.39 is 5.91 Å². The lowest BCUT2D eigenvalue weighted by atomic mass is 10.2. The summed E-state index contributed by atoms with van der Waals surface area (Å²) in [7, 11) is 0. The SMILES string of the molecule is Cc1cccc(C)c1.NC(=O)c1oc2cc(OCc3ccccc3)ccc2c1NC=O. The molecule has 0 spiro atoms. The first-order chi connectivity index (χ1) is 15.0. The fourth-order valence-corrected chi connectivity index (χ4v) is 3.09. The molecule has 0 aliphatic carbocycles. The second-order valence-corrected chi connectivity index (χ2v) is 7.02. The smallest absolute Gasteiger partial charge is 0.286 e. The maximum atomic E-state index is 11.4. The van der Waals surface area contributed by atoms with Gasteiger partial charge in [-0.05, 0) is 31.5 Å². The van der Waals surface area contributed by atoms with Gasteiger partial charge in [0.05, 0.1) is 0 Å². The summed E-state index contributed by atoms with van der Waals surface area (Å²) in [6, 6.07) is 23.3. The minimum absolute atomic E-state index is 0.0905. The van der Waals surface area contributed by atoms with E-state index in [1.807, 2.05) is 30.3 Å². The van der Waals surface area contributed by atoms with E-state index in [4.69, 9.17) is 14.9 Å². The largest absolute Gasteiger partial charge is 0.489 e. The minimum atomic E-state index is -0.752. The van der Waals surface area contributed by atoms with Gasteiger partial charge in [0.25, 0.3) is 5.91 Å². The highest BCUT2D eigenvalue weighted by Crippen LogP contribution is 2.33. The number of nitrogens with one attached hydrogen (secondary N) is 1. The van der Waals surface area contributed by atoms with Crippen molar-refractivity contribution in [3.63, 3.8) is 0 Å². The zero-order chi connectivity index (χ0) is 22.2. The number of aryl methyl sites for hydroxylation is 2. The van der Waals surface area contributed by atoms with Gasteiger partial charge in [0.15, 0.2) is 0 Å². The van der Waals surface area contributed by atoms with E-state index in [9.17, 15) is 9.59 Å². The molecule has 0 radical (unpaired) electrons. The number of carbonyl (C=O) groups excluding carboxylic acids is 2. The van der Waals surface area contributed by atoms with Crippen molar-refractivity contribution >= 4 is 29.0 Å². The number of nitrogens with two attached hydrogens (primary N) is 1. The summed E-state index contributed by atoms with van der Waals surface area (Å²) < 4.78 is 11.1. The van der Waals surface area contributed by atoms with Crippen LogP contribution in [0.15, 0.2) is 77.2 Å². The van der Waals surface area contributed by atoms with Gasteiger partial charge in [0, 0.05) is 11.5 Å². The Balaban J connectivity index is 0.000000287. The van der Waals surface area contributed by atoms with E-state index in [1.165, 1.54) is 11.1 Å². The Kier molecular flexibility index (Phi) is 7.06. The average Bonchev–Trinajstić information content (AvgIpc) is 3.12. The van der Waals surface area contributed by atoms with Crippen molar-refractivity contribution in [3.8, 4) is 5.75 Å². The molecule has 3 aromatic carbocycles. The standard InChI is InChI=1S/C17H14N2O4.C8H10/c18-17(21)16-15(19-10-20)13-7-6-12(8-14(13)23-16)22-9-11-4-2-1-3-5-11;1-7-4-3-5-8(2)6-7/h1-8,10H,9H2,(H2,18,21)(H,19,20);3-6H,1-2H3. The molecule has 2 amide bonds. The normalized spacial score (nSPS) is 10.1. The number of primary amides is 1. The number of amides is 2. The van der Waals surface area contributed by atoms with Crippen LogP contribution in [0.5, 0.6) is 5.75 Å². The summed E-state index contributed by atoms with van der Waals surface area (Å²) >= 11 is 0. The molecule has 1 aromatic heterocycles. The lowest BCUT2D eigenvalue weighted by Gasteiger charge is -2.06. The van der Waals surface area contributed by atoms with Gasteiger partial charge >= 0.3 is 0 Å². The lowest BCUT2D eigenvalue weighted by Crippen LogP contribution is -2.12. The molecule has 0 saturated carbocycles. The fourth-order valence-electron chi connectivity index (χ4n) is 3.09. The maximum absolute atomic E-state index is 11.4. The molecule has 1 heterocycles. The van der Waals surface area contributed by atoms with Crippen LogP contribution >= 0.6 is 0 Å². The highest BCUT2D eigenvalue weighted by Gasteiger charge is 2.18. The van der Waals surface area contributed by atoms with E-state index in [1.54, 1.807) is 18.2 Å². The number of hydrogen-bond acceptors (Lipinski definition) is 4. The van der Waals surface area contributed by atoms with Crippen molar-refractivity contribution in [1.82, 2.24) is 0 Å². The monoisotopic (exact) mass is 416 g/mol. The first kappa shape index (κ1) is 21.6. The Hall–Kier alpha value is -4.06.